The number of pyridine rings is 1. The number of likely N-dealkylation sites (N-methyl/N-ethyl adjacent to an activating group) is 1. The van der Waals surface area contributed by atoms with E-state index in [4.69, 9.17) is 18.3 Å². The first-order valence-electron chi connectivity index (χ1n) is 15.2. The number of hydrogen-bond acceptors (Lipinski definition) is 10. The molecule has 1 amide bonds. The first-order chi connectivity index (χ1) is 22.5. The summed E-state index contributed by atoms with van der Waals surface area (Å²) >= 11 is 0. The van der Waals surface area contributed by atoms with Crippen LogP contribution in [0, 0.1) is 6.92 Å². The Kier molecular flexibility index (Phi) is 6.95. The van der Waals surface area contributed by atoms with E-state index in [9.17, 15) is 4.79 Å². The number of hydrogen-bond donors (Lipinski definition) is 2. The second-order valence-corrected chi connectivity index (χ2v) is 10.1. The van der Waals surface area contributed by atoms with Gasteiger partial charge in [0.2, 0.25) is 0 Å². The van der Waals surface area contributed by atoms with Crippen molar-refractivity contribution >= 4 is 39.6 Å². The molecule has 44 heavy (non-hydrogen) atoms. The first kappa shape index (κ1) is 25.2. The molecule has 0 spiro atoms. The van der Waals surface area contributed by atoms with E-state index in [-0.39, 0.29) is 11.4 Å². The number of amides is 1. The normalized spacial score (nSPS) is 16.8. The highest BCUT2D eigenvalue weighted by atomic mass is 19.1. The van der Waals surface area contributed by atoms with Crippen molar-refractivity contribution in [1.29, 1.82) is 0 Å². The molecule has 226 valence electrons. The monoisotopic (exact) mass is 601 g/mol. The number of aromatic nitrogens is 5. The summed E-state index contributed by atoms with van der Waals surface area (Å²) < 4.78 is 57.0. The van der Waals surface area contributed by atoms with E-state index in [1.807, 2.05) is 13.0 Å². The fourth-order valence-electron chi connectivity index (χ4n) is 5.00. The van der Waals surface area contributed by atoms with Crippen LogP contribution in [-0.2, 0) is 4.79 Å². The van der Waals surface area contributed by atoms with Crippen molar-refractivity contribution in [2.24, 2.45) is 0 Å². The molecule has 0 bridgehead atoms. The van der Waals surface area contributed by atoms with Gasteiger partial charge in [-0.15, -0.1) is 0 Å². The lowest BCUT2D eigenvalue weighted by molar-refractivity contribution is -0.114. The molecule has 1 saturated heterocycles. The third kappa shape index (κ3) is 5.81. The zero-order chi connectivity index (χ0) is 33.3. The highest BCUT2D eigenvalue weighted by Gasteiger charge is 2.22. The van der Waals surface area contributed by atoms with E-state index in [2.05, 4.69) is 30.7 Å². The Hall–Kier alpha value is -5.30. The van der Waals surface area contributed by atoms with Crippen LogP contribution in [0.2, 0.25) is 0 Å². The number of nitrogens with one attached hydrogen (secondary N) is 2. The molecule has 5 aromatic rings. The van der Waals surface area contributed by atoms with Crippen LogP contribution in [0.4, 0.5) is 21.6 Å². The van der Waals surface area contributed by atoms with Crippen molar-refractivity contribution in [2.75, 3.05) is 38.4 Å². The number of carbonyl (C=O) groups is 1. The van der Waals surface area contributed by atoms with Gasteiger partial charge < -0.3 is 24.8 Å². The summed E-state index contributed by atoms with van der Waals surface area (Å²) in [4.78, 5) is 27.1. The van der Waals surface area contributed by atoms with Crippen molar-refractivity contribution in [3.63, 3.8) is 0 Å². The van der Waals surface area contributed by atoms with Crippen molar-refractivity contribution in [3.05, 3.63) is 72.7 Å². The van der Waals surface area contributed by atoms with Gasteiger partial charge in [-0.3, -0.25) is 9.69 Å². The van der Waals surface area contributed by atoms with Gasteiger partial charge >= 0.3 is 0 Å². The molecule has 1 aliphatic rings. The number of aryl methyl sites for hydroxylation is 1. The number of carbonyl (C=O) groups excluding carboxylic acids is 1. The van der Waals surface area contributed by atoms with E-state index in [1.54, 1.807) is 41.0 Å². The van der Waals surface area contributed by atoms with Gasteiger partial charge in [0.1, 0.15) is 41.5 Å². The average molecular weight is 602 g/mol. The van der Waals surface area contributed by atoms with E-state index in [1.165, 1.54) is 31.8 Å². The predicted octanol–water partition coefficient (Wildman–Crippen LogP) is 5.42. The molecule has 0 saturated carbocycles. The summed E-state index contributed by atoms with van der Waals surface area (Å²) in [5.74, 6) is 0.0918. The molecule has 4 heterocycles. The van der Waals surface area contributed by atoms with Crippen molar-refractivity contribution in [3.8, 4) is 23.0 Å². The Bertz CT molecular complexity index is 2000. The van der Waals surface area contributed by atoms with E-state index < -0.39 is 24.8 Å². The number of benzene rings is 2. The lowest BCUT2D eigenvalue weighted by atomic mass is 10.1. The molecule has 2 N–H and O–H groups in total. The summed E-state index contributed by atoms with van der Waals surface area (Å²) in [7, 11) is 2.95. The molecule has 1 fully saturated rings. The fraction of sp³-hybridized carbons (Fsp3) is 0.258. The third-order valence-corrected chi connectivity index (χ3v) is 7.29. The zero-order valence-corrected chi connectivity index (χ0v) is 24.2. The minimum absolute atomic E-state index is 0.169. The molecule has 3 aromatic heterocycles. The number of ether oxygens (including phenoxy) is 3. The summed E-state index contributed by atoms with van der Waals surface area (Å²) in [5.41, 5.74) is 2.68. The molecule has 0 aliphatic carbocycles. The topological polar surface area (TPSA) is 128 Å². The minimum Gasteiger partial charge on any atom is -0.494 e. The van der Waals surface area contributed by atoms with Crippen LogP contribution in [0.25, 0.3) is 16.6 Å². The number of likely N-dealkylation sites (tertiary alicyclic amines) is 1. The van der Waals surface area contributed by atoms with E-state index in [0.717, 1.165) is 11.6 Å². The Balaban J connectivity index is 1.27. The number of fused-ring (bicyclic) bond motifs is 2. The van der Waals surface area contributed by atoms with Crippen LogP contribution >= 0.6 is 0 Å². The van der Waals surface area contributed by atoms with Crippen LogP contribution < -0.4 is 24.8 Å². The van der Waals surface area contributed by atoms with Gasteiger partial charge in [-0.1, -0.05) is 0 Å². The predicted molar refractivity (Wildman–Crippen MR) is 164 cm³/mol. The van der Waals surface area contributed by atoms with Crippen molar-refractivity contribution in [1.82, 2.24) is 29.5 Å². The standard InChI is InChI=1S/C31H31FN8O4/c1-18-10-24(28(43-4)15-26(18)44-20-7-9-40-29(12-20)34-17-36-40)37-30-21-13-25(27(42-3)14-23(21)33-16-35-30)38-31(41)22(32)11-19-6-5-8-39(19)2/h7,9-17,19H,5-6,8H2,1-4H3,(H,38,41)(H,33,35,37)/b22-11-/t19-/m1/s1/i2D3. The van der Waals surface area contributed by atoms with Crippen LogP contribution in [0.3, 0.4) is 0 Å². The van der Waals surface area contributed by atoms with Gasteiger partial charge in [0.05, 0.1) is 31.1 Å². The summed E-state index contributed by atoms with van der Waals surface area (Å²) in [6.45, 7) is -0.209. The number of rotatable bonds is 9. The molecule has 1 atom stereocenters. The Morgan fingerprint density at radius 3 is 2.73 bits per heavy atom. The number of anilines is 3. The molecular formula is C31H31FN8O4. The first-order valence-corrected chi connectivity index (χ1v) is 13.7. The van der Waals surface area contributed by atoms with Gasteiger partial charge in [-0.25, -0.2) is 23.9 Å². The van der Waals surface area contributed by atoms with Gasteiger partial charge in [-0.05, 0) is 63.1 Å². The summed E-state index contributed by atoms with van der Waals surface area (Å²) in [6.07, 6.45) is 6.65. The number of nitrogens with zero attached hydrogens (tertiary/aromatic N) is 6. The zero-order valence-electron chi connectivity index (χ0n) is 27.2. The van der Waals surface area contributed by atoms with Gasteiger partial charge in [-0.2, -0.15) is 5.10 Å². The van der Waals surface area contributed by atoms with E-state index in [0.29, 0.717) is 64.7 Å². The van der Waals surface area contributed by atoms with Gasteiger partial charge in [0.15, 0.2) is 11.5 Å². The highest BCUT2D eigenvalue weighted by Crippen LogP contribution is 2.39. The van der Waals surface area contributed by atoms with Crippen molar-refractivity contribution in [2.45, 2.75) is 25.8 Å². The van der Waals surface area contributed by atoms with Gasteiger partial charge in [0, 0.05) is 39.9 Å². The lowest BCUT2D eigenvalue weighted by Gasteiger charge is -2.17. The maximum absolute atomic E-state index is 15.1. The lowest BCUT2D eigenvalue weighted by Crippen LogP contribution is -2.24. The molecule has 12 nitrogen and oxygen atoms in total. The van der Waals surface area contributed by atoms with Crippen molar-refractivity contribution < 1.29 is 27.5 Å². The molecule has 6 rings (SSSR count). The maximum atomic E-state index is 15.1. The Morgan fingerprint density at radius 2 is 1.91 bits per heavy atom. The number of halogens is 1. The SMILES string of the molecule is [2H]C([2H])([2H])N1CCC[C@@H]1/C=C(\F)C(=O)Nc1cc2c(Nc3cc(C)c(Oc4ccn5ncnc5c4)cc3OC)ncnc2cc1OC. The molecule has 2 aromatic carbocycles. The summed E-state index contributed by atoms with van der Waals surface area (Å²) in [5, 5.41) is 10.4. The minimum atomic E-state index is -2.39. The highest BCUT2D eigenvalue weighted by molar-refractivity contribution is 6.05. The van der Waals surface area contributed by atoms with E-state index >= 15 is 4.39 Å². The molecular weight excluding hydrogens is 567 g/mol. The fourth-order valence-corrected chi connectivity index (χ4v) is 5.00. The number of methoxy groups -OCH3 is 2. The van der Waals surface area contributed by atoms with Gasteiger partial charge in [0.25, 0.3) is 5.91 Å². The van der Waals surface area contributed by atoms with Crippen LogP contribution in [0.15, 0.2) is 67.2 Å². The van der Waals surface area contributed by atoms with Crippen LogP contribution in [0.1, 0.15) is 22.5 Å². The average Bonchev–Trinajstić information content (AvgIpc) is 3.72. The molecule has 0 unspecified atom stereocenters. The second kappa shape index (κ2) is 12.1. The molecule has 1 aliphatic heterocycles. The smallest absolute Gasteiger partial charge is 0.284 e. The largest absolute Gasteiger partial charge is 0.494 e. The van der Waals surface area contributed by atoms with Crippen LogP contribution in [-0.4, -0.2) is 69.2 Å². The molecule has 0 radical (unpaired) electrons. The second-order valence-electron chi connectivity index (χ2n) is 10.1. The quantitative estimate of drug-likeness (QED) is 0.211. The summed E-state index contributed by atoms with van der Waals surface area (Å²) in [6, 6.07) is 9.59. The Morgan fingerprint density at radius 1 is 1.07 bits per heavy atom. The third-order valence-electron chi connectivity index (χ3n) is 7.29. The van der Waals surface area contributed by atoms with Crippen LogP contribution in [0.5, 0.6) is 23.0 Å². The molecule has 13 heteroatoms. The maximum Gasteiger partial charge on any atom is 0.284 e. The Labute approximate surface area is 256 Å².